The number of allylic oxidation sites excluding steroid dienone is 4. The number of imide groups is 2. The van der Waals surface area contributed by atoms with Gasteiger partial charge in [0.05, 0.1) is 11.4 Å². The van der Waals surface area contributed by atoms with Crippen LogP contribution in [-0.4, -0.2) is 23.6 Å². The summed E-state index contributed by atoms with van der Waals surface area (Å²) in [6.45, 7) is 0. The Morgan fingerprint density at radius 1 is 0.457 bits per heavy atom. The number of hydrogen-bond acceptors (Lipinski definition) is 4. The van der Waals surface area contributed by atoms with Crippen LogP contribution in [0.5, 0.6) is 0 Å². The van der Waals surface area contributed by atoms with Gasteiger partial charge in [-0.15, -0.1) is 0 Å². The summed E-state index contributed by atoms with van der Waals surface area (Å²) in [5.41, 5.74) is 5.60. The Balaban J connectivity index is 1.15. The molecule has 0 saturated heterocycles. The van der Waals surface area contributed by atoms with Gasteiger partial charge in [-0.2, -0.15) is 0 Å². The quantitative estimate of drug-likeness (QED) is 0.501. The number of anilines is 2. The molecule has 4 aliphatic rings. The number of nitrogens with zero attached hydrogens (tertiary/aromatic N) is 2. The Bertz CT molecular complexity index is 1250. The summed E-state index contributed by atoms with van der Waals surface area (Å²) in [6, 6.07) is 14.9. The lowest BCUT2D eigenvalue weighted by molar-refractivity contribution is -0.122. The topological polar surface area (TPSA) is 74.8 Å². The standard InChI is InChI=1S/C29H22N2O4/c32-26-22-5-1-2-6-23(22)27(33)30(26)20-13-9-18(10-14-20)17-19-11-15-21(16-12-19)31-28(34)24-7-3-4-8-25(24)29(31)35/h1-4,9-16H,5-8,17H2. The van der Waals surface area contributed by atoms with Crippen LogP contribution in [0.3, 0.4) is 0 Å². The molecule has 0 saturated carbocycles. The van der Waals surface area contributed by atoms with Crippen LogP contribution >= 0.6 is 0 Å². The maximum atomic E-state index is 12.8. The number of hydrogen-bond donors (Lipinski definition) is 0. The smallest absolute Gasteiger partial charge is 0.262 e. The molecule has 172 valence electrons. The van der Waals surface area contributed by atoms with E-state index < -0.39 is 0 Å². The molecule has 2 aliphatic carbocycles. The van der Waals surface area contributed by atoms with E-state index in [1.165, 1.54) is 9.80 Å². The Hall–Kier alpha value is -4.32. The highest BCUT2D eigenvalue weighted by Crippen LogP contribution is 2.35. The van der Waals surface area contributed by atoms with Crippen LogP contribution in [0.2, 0.25) is 0 Å². The third kappa shape index (κ3) is 3.41. The molecule has 35 heavy (non-hydrogen) atoms. The summed E-state index contributed by atoms with van der Waals surface area (Å²) < 4.78 is 0. The number of carbonyl (C=O) groups excluding carboxylic acids is 4. The SMILES string of the molecule is O=C1C2=C(CC=CC2)C(=O)N1c1ccc(Cc2ccc(N3C(=O)C4=C(CC=CC4)C3=O)cc2)cc1. The Kier molecular flexibility index (Phi) is 4.95. The lowest BCUT2D eigenvalue weighted by Crippen LogP contribution is -2.31. The highest BCUT2D eigenvalue weighted by Gasteiger charge is 2.39. The van der Waals surface area contributed by atoms with E-state index in [0.29, 0.717) is 65.8 Å². The van der Waals surface area contributed by atoms with Crippen molar-refractivity contribution in [2.24, 2.45) is 0 Å². The van der Waals surface area contributed by atoms with Crippen LogP contribution < -0.4 is 9.80 Å². The first-order chi connectivity index (χ1) is 17.0. The molecule has 0 unspecified atom stereocenters. The molecule has 0 radical (unpaired) electrons. The number of rotatable bonds is 4. The average Bonchev–Trinajstić information content (AvgIpc) is 3.30. The first-order valence-corrected chi connectivity index (χ1v) is 11.7. The summed E-state index contributed by atoms with van der Waals surface area (Å²) in [7, 11) is 0. The molecule has 2 aliphatic heterocycles. The Morgan fingerprint density at radius 3 is 1.03 bits per heavy atom. The minimum absolute atomic E-state index is 0.226. The van der Waals surface area contributed by atoms with E-state index in [0.717, 1.165) is 11.1 Å². The minimum Gasteiger partial charge on any atom is -0.269 e. The monoisotopic (exact) mass is 462 g/mol. The van der Waals surface area contributed by atoms with Gasteiger partial charge in [-0.1, -0.05) is 48.6 Å². The van der Waals surface area contributed by atoms with Crippen molar-refractivity contribution >= 4 is 35.0 Å². The molecule has 2 heterocycles. The molecule has 6 nitrogen and oxygen atoms in total. The molecular weight excluding hydrogens is 440 g/mol. The van der Waals surface area contributed by atoms with Crippen molar-refractivity contribution in [2.45, 2.75) is 32.1 Å². The van der Waals surface area contributed by atoms with E-state index in [2.05, 4.69) is 0 Å². The van der Waals surface area contributed by atoms with Gasteiger partial charge >= 0.3 is 0 Å². The average molecular weight is 463 g/mol. The summed E-state index contributed by atoms with van der Waals surface area (Å²) >= 11 is 0. The van der Waals surface area contributed by atoms with Crippen LogP contribution in [0.1, 0.15) is 36.8 Å². The second-order valence-electron chi connectivity index (χ2n) is 9.07. The van der Waals surface area contributed by atoms with Gasteiger partial charge in [-0.3, -0.25) is 19.2 Å². The normalized spacial score (nSPS) is 19.3. The second kappa shape index (κ2) is 8.17. The first-order valence-electron chi connectivity index (χ1n) is 11.7. The molecule has 6 rings (SSSR count). The zero-order chi connectivity index (χ0) is 24.1. The fourth-order valence-corrected chi connectivity index (χ4v) is 5.12. The molecule has 6 heteroatoms. The van der Waals surface area contributed by atoms with Crippen LogP contribution in [0, 0.1) is 0 Å². The number of carbonyl (C=O) groups is 4. The summed E-state index contributed by atoms with van der Waals surface area (Å²) in [4.78, 5) is 53.5. The van der Waals surface area contributed by atoms with Crippen molar-refractivity contribution in [1.82, 2.24) is 0 Å². The summed E-state index contributed by atoms with van der Waals surface area (Å²) in [6.07, 6.45) is 10.4. The Morgan fingerprint density at radius 2 is 0.743 bits per heavy atom. The molecule has 2 aromatic carbocycles. The van der Waals surface area contributed by atoms with Crippen molar-refractivity contribution in [3.05, 3.63) is 106 Å². The first kappa shape index (κ1) is 21.2. The van der Waals surface area contributed by atoms with Crippen molar-refractivity contribution in [1.29, 1.82) is 0 Å². The second-order valence-corrected chi connectivity index (χ2v) is 9.07. The molecule has 4 amide bonds. The van der Waals surface area contributed by atoms with E-state index >= 15 is 0 Å². The molecule has 0 bridgehead atoms. The van der Waals surface area contributed by atoms with E-state index in [1.807, 2.05) is 48.6 Å². The van der Waals surface area contributed by atoms with E-state index in [4.69, 9.17) is 0 Å². The lowest BCUT2D eigenvalue weighted by atomic mass is 9.99. The fourth-order valence-electron chi connectivity index (χ4n) is 5.12. The fraction of sp³-hybridized carbons (Fsp3) is 0.172. The van der Waals surface area contributed by atoms with Gasteiger partial charge in [0.25, 0.3) is 23.6 Å². The maximum absolute atomic E-state index is 12.8. The number of benzene rings is 2. The largest absolute Gasteiger partial charge is 0.269 e. The third-order valence-corrected chi connectivity index (χ3v) is 6.99. The zero-order valence-corrected chi connectivity index (χ0v) is 19.0. The summed E-state index contributed by atoms with van der Waals surface area (Å²) in [5, 5.41) is 0. The van der Waals surface area contributed by atoms with Gasteiger partial charge in [0.2, 0.25) is 0 Å². The summed E-state index contributed by atoms with van der Waals surface area (Å²) in [5.74, 6) is -0.905. The van der Waals surface area contributed by atoms with Gasteiger partial charge in [-0.05, 0) is 67.5 Å². The molecule has 0 spiro atoms. The van der Waals surface area contributed by atoms with Crippen molar-refractivity contribution < 1.29 is 19.2 Å². The molecule has 0 N–H and O–H groups in total. The maximum Gasteiger partial charge on any atom is 0.262 e. The van der Waals surface area contributed by atoms with Gasteiger partial charge in [0.1, 0.15) is 0 Å². The zero-order valence-electron chi connectivity index (χ0n) is 19.0. The van der Waals surface area contributed by atoms with Crippen molar-refractivity contribution in [2.75, 3.05) is 9.80 Å². The molecule has 0 atom stereocenters. The van der Waals surface area contributed by atoms with Crippen LogP contribution in [0.4, 0.5) is 11.4 Å². The third-order valence-electron chi connectivity index (χ3n) is 6.99. The molecule has 0 fully saturated rings. The minimum atomic E-state index is -0.226. The van der Waals surface area contributed by atoms with Crippen LogP contribution in [0.15, 0.2) is 95.1 Å². The highest BCUT2D eigenvalue weighted by molar-refractivity contribution is 6.34. The van der Waals surface area contributed by atoms with Gasteiger partial charge in [0, 0.05) is 22.3 Å². The van der Waals surface area contributed by atoms with E-state index in [1.54, 1.807) is 24.3 Å². The molecule has 2 aromatic rings. The predicted molar refractivity (Wildman–Crippen MR) is 131 cm³/mol. The van der Waals surface area contributed by atoms with Gasteiger partial charge < -0.3 is 0 Å². The highest BCUT2D eigenvalue weighted by atomic mass is 16.2. The lowest BCUT2D eigenvalue weighted by Gasteiger charge is -2.16. The number of amides is 4. The van der Waals surface area contributed by atoms with Crippen LogP contribution in [0.25, 0.3) is 0 Å². The van der Waals surface area contributed by atoms with Gasteiger partial charge in [0.15, 0.2) is 0 Å². The van der Waals surface area contributed by atoms with E-state index in [-0.39, 0.29) is 23.6 Å². The van der Waals surface area contributed by atoms with Crippen molar-refractivity contribution in [3.63, 3.8) is 0 Å². The molecular formula is C29H22N2O4. The molecule has 0 aromatic heterocycles. The Labute approximate surface area is 202 Å². The van der Waals surface area contributed by atoms with E-state index in [9.17, 15) is 19.2 Å². The van der Waals surface area contributed by atoms with Crippen LogP contribution in [-0.2, 0) is 25.6 Å². The van der Waals surface area contributed by atoms with Gasteiger partial charge in [-0.25, -0.2) is 9.80 Å². The van der Waals surface area contributed by atoms with Crippen molar-refractivity contribution in [3.8, 4) is 0 Å². The predicted octanol–water partition coefficient (Wildman–Crippen LogP) is 4.32.